The number of ether oxygens (including phenoxy) is 2. The smallest absolute Gasteiger partial charge is 0.244 e. The summed E-state index contributed by atoms with van der Waals surface area (Å²) in [6.45, 7) is 6.72. The number of sulfonamides is 1. The van der Waals surface area contributed by atoms with Crippen LogP contribution in [0.15, 0.2) is 46.9 Å². The average molecular weight is 585 g/mol. The van der Waals surface area contributed by atoms with Crippen LogP contribution in [0.2, 0.25) is 0 Å². The summed E-state index contributed by atoms with van der Waals surface area (Å²) in [6.07, 6.45) is 1.01. The van der Waals surface area contributed by atoms with Gasteiger partial charge in [0.1, 0.15) is 24.1 Å². The predicted molar refractivity (Wildman–Crippen MR) is 144 cm³/mol. The Bertz CT molecular complexity index is 1200. The van der Waals surface area contributed by atoms with Gasteiger partial charge in [0, 0.05) is 22.6 Å². The number of carbonyl (C=O) groups is 2. The van der Waals surface area contributed by atoms with Gasteiger partial charge in [0.15, 0.2) is 0 Å². The minimum atomic E-state index is -3.92. The Morgan fingerprint density at radius 1 is 1.08 bits per heavy atom. The first-order valence-corrected chi connectivity index (χ1v) is 13.9. The lowest BCUT2D eigenvalue weighted by atomic mass is 10.1. The molecule has 0 heterocycles. The third-order valence-corrected chi connectivity index (χ3v) is 6.86. The van der Waals surface area contributed by atoms with Crippen LogP contribution in [0.4, 0.5) is 5.69 Å². The van der Waals surface area contributed by atoms with Crippen molar-refractivity contribution >= 4 is 43.5 Å². The van der Waals surface area contributed by atoms with E-state index in [1.54, 1.807) is 19.1 Å². The summed E-state index contributed by atoms with van der Waals surface area (Å²) in [5.74, 6) is -0.251. The Labute approximate surface area is 221 Å². The first-order valence-electron chi connectivity index (χ1n) is 11.2. The lowest BCUT2D eigenvalue weighted by molar-refractivity contribution is -0.140. The summed E-state index contributed by atoms with van der Waals surface area (Å²) in [4.78, 5) is 28.1. The molecule has 11 heteroatoms. The van der Waals surface area contributed by atoms with Gasteiger partial charge < -0.3 is 19.7 Å². The molecule has 198 valence electrons. The van der Waals surface area contributed by atoms with E-state index in [9.17, 15) is 18.0 Å². The average Bonchev–Trinajstić information content (AvgIpc) is 2.78. The van der Waals surface area contributed by atoms with Crippen molar-refractivity contribution in [3.63, 3.8) is 0 Å². The van der Waals surface area contributed by atoms with Crippen molar-refractivity contribution in [2.24, 2.45) is 0 Å². The van der Waals surface area contributed by atoms with E-state index >= 15 is 0 Å². The summed E-state index contributed by atoms with van der Waals surface area (Å²) in [5.41, 5.74) is 0.419. The molecule has 0 bridgehead atoms. The molecule has 9 nitrogen and oxygen atoms in total. The van der Waals surface area contributed by atoms with Gasteiger partial charge in [-0.05, 0) is 57.5 Å². The first-order chi connectivity index (χ1) is 16.7. The highest BCUT2D eigenvalue weighted by molar-refractivity contribution is 9.10. The number of anilines is 1. The van der Waals surface area contributed by atoms with Crippen molar-refractivity contribution in [2.45, 2.75) is 45.8 Å². The normalized spacial score (nSPS) is 12.4. The van der Waals surface area contributed by atoms with Crippen LogP contribution in [0.5, 0.6) is 11.5 Å². The largest absolute Gasteiger partial charge is 0.497 e. The Morgan fingerprint density at radius 3 is 2.28 bits per heavy atom. The van der Waals surface area contributed by atoms with Gasteiger partial charge in [-0.3, -0.25) is 13.9 Å². The molecule has 0 spiro atoms. The number of amides is 2. The topological polar surface area (TPSA) is 105 Å². The second-order valence-electron chi connectivity index (χ2n) is 9.37. The molecule has 2 aromatic rings. The Morgan fingerprint density at radius 2 is 1.75 bits per heavy atom. The minimum absolute atomic E-state index is 0.101. The molecular formula is C25H34BrN3O6S. The molecule has 0 aliphatic carbocycles. The Balaban J connectivity index is 2.50. The van der Waals surface area contributed by atoms with Crippen LogP contribution in [0.25, 0.3) is 0 Å². The Kier molecular flexibility index (Phi) is 9.78. The van der Waals surface area contributed by atoms with Crippen LogP contribution >= 0.6 is 15.9 Å². The standard InChI is InChI=1S/C25H34BrN3O6S/c1-17(24(31)27-25(2,3)4)28(15-18-9-8-10-19(26)13-18)23(30)16-29(36(7,32)33)21-14-20(34-5)11-12-22(21)35-6/h8-14,17H,15-16H2,1-7H3,(H,27,31). The van der Waals surface area contributed by atoms with E-state index in [-0.39, 0.29) is 23.9 Å². The zero-order valence-electron chi connectivity index (χ0n) is 21.7. The predicted octanol–water partition coefficient (Wildman–Crippen LogP) is 3.56. The SMILES string of the molecule is COc1ccc(OC)c(N(CC(=O)N(Cc2cccc(Br)c2)C(C)C(=O)NC(C)(C)C)S(C)(=O)=O)c1. The van der Waals surface area contributed by atoms with E-state index < -0.39 is 34.1 Å². The van der Waals surface area contributed by atoms with Crippen LogP contribution in [0, 0.1) is 0 Å². The minimum Gasteiger partial charge on any atom is -0.497 e. The fourth-order valence-corrected chi connectivity index (χ4v) is 4.77. The number of halogens is 1. The highest BCUT2D eigenvalue weighted by atomic mass is 79.9. The quantitative estimate of drug-likeness (QED) is 0.458. The van der Waals surface area contributed by atoms with E-state index in [1.807, 2.05) is 45.0 Å². The summed E-state index contributed by atoms with van der Waals surface area (Å²) < 4.78 is 38.0. The molecule has 2 rings (SSSR count). The molecule has 0 aliphatic heterocycles. The van der Waals surface area contributed by atoms with Crippen molar-refractivity contribution in [3.05, 3.63) is 52.5 Å². The number of hydrogen-bond donors (Lipinski definition) is 1. The number of hydrogen-bond acceptors (Lipinski definition) is 6. The number of carbonyl (C=O) groups excluding carboxylic acids is 2. The maximum absolute atomic E-state index is 13.7. The zero-order chi connectivity index (χ0) is 27.3. The second-order valence-corrected chi connectivity index (χ2v) is 12.2. The molecule has 0 fully saturated rings. The molecule has 0 radical (unpaired) electrons. The van der Waals surface area contributed by atoms with Gasteiger partial charge in [-0.2, -0.15) is 0 Å². The zero-order valence-corrected chi connectivity index (χ0v) is 24.1. The number of benzene rings is 2. The van der Waals surface area contributed by atoms with Crippen LogP contribution in [0.1, 0.15) is 33.3 Å². The lowest BCUT2D eigenvalue weighted by Gasteiger charge is -2.33. The summed E-state index contributed by atoms with van der Waals surface area (Å²) >= 11 is 3.43. The molecule has 0 aromatic heterocycles. The van der Waals surface area contributed by atoms with E-state index in [2.05, 4.69) is 21.2 Å². The molecule has 1 N–H and O–H groups in total. The fourth-order valence-electron chi connectivity index (χ4n) is 3.48. The maximum Gasteiger partial charge on any atom is 0.244 e. The van der Waals surface area contributed by atoms with Crippen molar-refractivity contribution in [3.8, 4) is 11.5 Å². The van der Waals surface area contributed by atoms with Gasteiger partial charge in [-0.1, -0.05) is 28.1 Å². The molecule has 2 aromatic carbocycles. The second kappa shape index (κ2) is 12.0. The summed E-state index contributed by atoms with van der Waals surface area (Å²) in [7, 11) is -1.05. The molecular weight excluding hydrogens is 550 g/mol. The summed E-state index contributed by atoms with van der Waals surface area (Å²) in [5, 5.41) is 2.89. The van der Waals surface area contributed by atoms with Gasteiger partial charge in [0.2, 0.25) is 21.8 Å². The Hall–Kier alpha value is -2.79. The first kappa shape index (κ1) is 29.4. The van der Waals surface area contributed by atoms with E-state index in [0.717, 1.165) is 20.6 Å². The van der Waals surface area contributed by atoms with Crippen molar-refractivity contribution in [1.82, 2.24) is 10.2 Å². The third kappa shape index (κ3) is 8.12. The molecule has 36 heavy (non-hydrogen) atoms. The van der Waals surface area contributed by atoms with Crippen LogP contribution in [-0.2, 0) is 26.2 Å². The van der Waals surface area contributed by atoms with Crippen molar-refractivity contribution in [2.75, 3.05) is 31.3 Å². The summed E-state index contributed by atoms with van der Waals surface area (Å²) in [6, 6.07) is 11.2. The molecule has 0 aliphatic rings. The van der Waals surface area contributed by atoms with Crippen LogP contribution in [-0.4, -0.2) is 63.7 Å². The van der Waals surface area contributed by atoms with E-state index in [0.29, 0.717) is 5.75 Å². The number of methoxy groups -OCH3 is 2. The van der Waals surface area contributed by atoms with Gasteiger partial charge in [-0.15, -0.1) is 0 Å². The molecule has 1 atom stereocenters. The van der Waals surface area contributed by atoms with Gasteiger partial charge in [0.25, 0.3) is 0 Å². The van der Waals surface area contributed by atoms with Gasteiger partial charge >= 0.3 is 0 Å². The van der Waals surface area contributed by atoms with Crippen molar-refractivity contribution in [1.29, 1.82) is 0 Å². The van der Waals surface area contributed by atoms with Gasteiger partial charge in [-0.25, -0.2) is 8.42 Å². The molecule has 1 unspecified atom stereocenters. The number of nitrogens with zero attached hydrogens (tertiary/aromatic N) is 2. The third-order valence-electron chi connectivity index (χ3n) is 5.24. The van der Waals surface area contributed by atoms with Crippen LogP contribution in [0.3, 0.4) is 0 Å². The van der Waals surface area contributed by atoms with Crippen LogP contribution < -0.4 is 19.1 Å². The fraction of sp³-hybridized carbons (Fsp3) is 0.440. The van der Waals surface area contributed by atoms with Gasteiger partial charge in [0.05, 0.1) is 26.2 Å². The molecule has 0 saturated carbocycles. The number of rotatable bonds is 10. The van der Waals surface area contributed by atoms with Crippen molar-refractivity contribution < 1.29 is 27.5 Å². The number of nitrogens with one attached hydrogen (secondary N) is 1. The van der Waals surface area contributed by atoms with E-state index in [4.69, 9.17) is 9.47 Å². The maximum atomic E-state index is 13.7. The monoisotopic (exact) mass is 583 g/mol. The highest BCUT2D eigenvalue weighted by Gasteiger charge is 2.32. The molecule has 0 saturated heterocycles. The van der Waals surface area contributed by atoms with E-state index in [1.165, 1.54) is 25.2 Å². The molecule has 2 amide bonds. The highest BCUT2D eigenvalue weighted by Crippen LogP contribution is 2.34. The lowest BCUT2D eigenvalue weighted by Crippen LogP contribution is -2.54.